The largest absolute Gasteiger partial charge is 0.461 e. The average Bonchev–Trinajstić information content (AvgIpc) is 2.81. The van der Waals surface area contributed by atoms with Gasteiger partial charge in [0.2, 0.25) is 0 Å². The van der Waals surface area contributed by atoms with Gasteiger partial charge in [0.05, 0.1) is 0 Å². The highest BCUT2D eigenvalue weighted by Gasteiger charge is 2.14. The maximum atomic E-state index is 8.98. The first-order valence-electron chi connectivity index (χ1n) is 7.59. The number of hydrogen-bond acceptors (Lipinski definition) is 3. The van der Waals surface area contributed by atoms with E-state index in [4.69, 9.17) is 9.52 Å². The Morgan fingerprint density at radius 1 is 1.30 bits per heavy atom. The summed E-state index contributed by atoms with van der Waals surface area (Å²) in [5.41, 5.74) is 2.25. The molecule has 0 aliphatic heterocycles. The monoisotopic (exact) mass is 275 g/mol. The van der Waals surface area contributed by atoms with Crippen LogP contribution in [0.1, 0.15) is 44.4 Å². The molecule has 2 N–H and O–H groups in total. The van der Waals surface area contributed by atoms with Crippen LogP contribution in [-0.4, -0.2) is 17.8 Å². The Morgan fingerprint density at radius 2 is 2.10 bits per heavy atom. The molecular weight excluding hydrogens is 250 g/mol. The Morgan fingerprint density at radius 3 is 2.85 bits per heavy atom. The van der Waals surface area contributed by atoms with Crippen LogP contribution in [0.4, 0.5) is 0 Å². The average molecular weight is 275 g/mol. The Kier molecular flexibility index (Phi) is 5.62. The molecule has 20 heavy (non-hydrogen) atoms. The van der Waals surface area contributed by atoms with Gasteiger partial charge in [-0.2, -0.15) is 0 Å². The molecule has 0 radical (unpaired) electrons. The summed E-state index contributed by atoms with van der Waals surface area (Å²) in [6.45, 7) is 5.33. The van der Waals surface area contributed by atoms with E-state index in [-0.39, 0.29) is 6.61 Å². The molecule has 0 saturated carbocycles. The molecule has 0 fully saturated rings. The summed E-state index contributed by atoms with van der Waals surface area (Å²) in [5, 5.41) is 13.7. The third kappa shape index (κ3) is 3.62. The summed E-state index contributed by atoms with van der Waals surface area (Å²) < 4.78 is 6.00. The molecule has 1 aromatic carbocycles. The van der Waals surface area contributed by atoms with Crippen molar-refractivity contribution in [3.8, 4) is 0 Å². The summed E-state index contributed by atoms with van der Waals surface area (Å²) in [4.78, 5) is 0. The Hall–Kier alpha value is -1.32. The standard InChI is InChI=1S/C17H25NO2/c1-3-4-8-17-15(12-18-13(2)10-11-19)14-7-5-6-9-16(14)20-17/h5-7,9,13,18-19H,3-4,8,10-12H2,1-2H3. The number of benzene rings is 1. The minimum atomic E-state index is 0.225. The predicted molar refractivity (Wildman–Crippen MR) is 82.8 cm³/mol. The number of fused-ring (bicyclic) bond motifs is 1. The van der Waals surface area contributed by atoms with Crippen LogP contribution in [0, 0.1) is 0 Å². The molecule has 3 heteroatoms. The number of rotatable bonds is 8. The summed E-state index contributed by atoms with van der Waals surface area (Å²) in [5.74, 6) is 1.11. The van der Waals surface area contributed by atoms with Gasteiger partial charge in [0.1, 0.15) is 11.3 Å². The Bertz CT molecular complexity index is 533. The van der Waals surface area contributed by atoms with E-state index < -0.39 is 0 Å². The van der Waals surface area contributed by atoms with Crippen LogP contribution in [0.2, 0.25) is 0 Å². The third-order valence-electron chi connectivity index (χ3n) is 3.73. The molecule has 0 aliphatic rings. The smallest absolute Gasteiger partial charge is 0.134 e. The number of aliphatic hydroxyl groups excluding tert-OH is 1. The second kappa shape index (κ2) is 7.46. The van der Waals surface area contributed by atoms with E-state index in [0.29, 0.717) is 6.04 Å². The van der Waals surface area contributed by atoms with Gasteiger partial charge < -0.3 is 14.8 Å². The Labute approximate surface area is 121 Å². The molecule has 0 bridgehead atoms. The molecule has 0 saturated heterocycles. The number of hydrogen-bond donors (Lipinski definition) is 2. The molecule has 0 spiro atoms. The zero-order valence-electron chi connectivity index (χ0n) is 12.5. The third-order valence-corrected chi connectivity index (χ3v) is 3.73. The van der Waals surface area contributed by atoms with Gasteiger partial charge in [0.15, 0.2) is 0 Å². The first-order valence-corrected chi connectivity index (χ1v) is 7.59. The lowest BCUT2D eigenvalue weighted by atomic mass is 10.1. The highest BCUT2D eigenvalue weighted by Crippen LogP contribution is 2.27. The van der Waals surface area contributed by atoms with Gasteiger partial charge in [-0.25, -0.2) is 0 Å². The molecule has 0 aliphatic carbocycles. The van der Waals surface area contributed by atoms with E-state index in [1.165, 1.54) is 17.4 Å². The second-order valence-corrected chi connectivity index (χ2v) is 5.40. The van der Waals surface area contributed by atoms with E-state index in [2.05, 4.69) is 31.3 Å². The fraction of sp³-hybridized carbons (Fsp3) is 0.529. The minimum Gasteiger partial charge on any atom is -0.461 e. The first-order chi connectivity index (χ1) is 9.76. The molecule has 2 rings (SSSR count). The van der Waals surface area contributed by atoms with Crippen LogP contribution >= 0.6 is 0 Å². The van der Waals surface area contributed by atoms with Crippen molar-refractivity contribution in [2.75, 3.05) is 6.61 Å². The van der Waals surface area contributed by atoms with Crippen LogP contribution in [0.15, 0.2) is 28.7 Å². The van der Waals surface area contributed by atoms with Crippen LogP contribution in [0.25, 0.3) is 11.0 Å². The number of aliphatic hydroxyl groups is 1. The second-order valence-electron chi connectivity index (χ2n) is 5.40. The van der Waals surface area contributed by atoms with Crippen LogP contribution in [0.3, 0.4) is 0 Å². The topological polar surface area (TPSA) is 45.4 Å². The summed E-state index contributed by atoms with van der Waals surface area (Å²) >= 11 is 0. The molecule has 0 amide bonds. The van der Waals surface area contributed by atoms with Crippen molar-refractivity contribution in [3.05, 3.63) is 35.6 Å². The first kappa shape index (κ1) is 15.1. The van der Waals surface area contributed by atoms with Crippen molar-refractivity contribution in [1.29, 1.82) is 0 Å². The van der Waals surface area contributed by atoms with Crippen LogP contribution in [0.5, 0.6) is 0 Å². The van der Waals surface area contributed by atoms with E-state index in [1.54, 1.807) is 0 Å². The summed E-state index contributed by atoms with van der Waals surface area (Å²) in [6.07, 6.45) is 4.10. The van der Waals surface area contributed by atoms with Gasteiger partial charge in [-0.3, -0.25) is 0 Å². The van der Waals surface area contributed by atoms with E-state index in [1.807, 2.05) is 12.1 Å². The number of furan rings is 1. The lowest BCUT2D eigenvalue weighted by Crippen LogP contribution is -2.26. The quantitative estimate of drug-likeness (QED) is 0.773. The maximum Gasteiger partial charge on any atom is 0.134 e. The van der Waals surface area contributed by atoms with Crippen molar-refractivity contribution in [2.24, 2.45) is 0 Å². The van der Waals surface area contributed by atoms with Gasteiger partial charge in [0.25, 0.3) is 0 Å². The van der Waals surface area contributed by atoms with E-state index in [9.17, 15) is 0 Å². The number of para-hydroxylation sites is 1. The highest BCUT2D eigenvalue weighted by atomic mass is 16.3. The zero-order chi connectivity index (χ0) is 14.4. The fourth-order valence-corrected chi connectivity index (χ4v) is 2.45. The normalized spacial score (nSPS) is 12.9. The lowest BCUT2D eigenvalue weighted by molar-refractivity contribution is 0.268. The van der Waals surface area contributed by atoms with Crippen molar-refractivity contribution >= 4 is 11.0 Å². The zero-order valence-corrected chi connectivity index (χ0v) is 12.5. The molecular formula is C17H25NO2. The minimum absolute atomic E-state index is 0.225. The van der Waals surface area contributed by atoms with Gasteiger partial charge >= 0.3 is 0 Å². The lowest BCUT2D eigenvalue weighted by Gasteiger charge is -2.12. The summed E-state index contributed by atoms with van der Waals surface area (Å²) in [7, 11) is 0. The SMILES string of the molecule is CCCCc1oc2ccccc2c1CNC(C)CCO. The summed E-state index contributed by atoms with van der Waals surface area (Å²) in [6, 6.07) is 8.55. The maximum absolute atomic E-state index is 8.98. The van der Waals surface area contributed by atoms with Crippen LogP contribution < -0.4 is 5.32 Å². The van der Waals surface area contributed by atoms with Crippen molar-refractivity contribution in [3.63, 3.8) is 0 Å². The van der Waals surface area contributed by atoms with E-state index >= 15 is 0 Å². The number of unbranched alkanes of at least 4 members (excludes halogenated alkanes) is 1. The van der Waals surface area contributed by atoms with Crippen molar-refractivity contribution in [1.82, 2.24) is 5.32 Å². The molecule has 3 nitrogen and oxygen atoms in total. The fourth-order valence-electron chi connectivity index (χ4n) is 2.45. The van der Waals surface area contributed by atoms with Crippen molar-refractivity contribution < 1.29 is 9.52 Å². The van der Waals surface area contributed by atoms with Gasteiger partial charge in [0, 0.05) is 36.6 Å². The number of nitrogens with one attached hydrogen (secondary N) is 1. The van der Waals surface area contributed by atoms with Crippen molar-refractivity contribution in [2.45, 2.75) is 52.1 Å². The van der Waals surface area contributed by atoms with Gasteiger partial charge in [-0.05, 0) is 25.8 Å². The van der Waals surface area contributed by atoms with E-state index in [0.717, 1.165) is 37.2 Å². The predicted octanol–water partition coefficient (Wildman–Crippen LogP) is 3.64. The molecule has 1 atom stereocenters. The van der Waals surface area contributed by atoms with Crippen LogP contribution in [-0.2, 0) is 13.0 Å². The van der Waals surface area contributed by atoms with Gasteiger partial charge in [-0.1, -0.05) is 31.5 Å². The van der Waals surface area contributed by atoms with Gasteiger partial charge in [-0.15, -0.1) is 0 Å². The molecule has 2 aromatic rings. The molecule has 1 unspecified atom stereocenters. The number of aryl methyl sites for hydroxylation is 1. The molecule has 110 valence electrons. The molecule has 1 heterocycles. The Balaban J connectivity index is 2.19. The molecule has 1 aromatic heterocycles. The highest BCUT2D eigenvalue weighted by molar-refractivity contribution is 5.82.